The highest BCUT2D eigenvalue weighted by Gasteiger charge is 2.61. The second-order valence-electron chi connectivity index (χ2n) is 30.4. The summed E-state index contributed by atoms with van der Waals surface area (Å²) in [5, 5.41) is 283. The lowest BCUT2D eigenvalue weighted by Crippen LogP contribution is -2.70. The van der Waals surface area contributed by atoms with Crippen molar-refractivity contribution in [3.05, 3.63) is 0 Å². The molecule has 9 rings (SSSR count). The van der Waals surface area contributed by atoms with Gasteiger partial charge >= 0.3 is 0 Å². The Kier molecular flexibility index (Phi) is 37.6. The number of ether oxygens (including phenoxy) is 18. The van der Waals surface area contributed by atoms with Crippen LogP contribution in [0.5, 0.6) is 0 Å². The van der Waals surface area contributed by atoms with Crippen LogP contribution in [0.2, 0.25) is 0 Å². The van der Waals surface area contributed by atoms with E-state index in [2.05, 4.69) is 31.9 Å². The van der Waals surface area contributed by atoms with Crippen LogP contribution in [0.1, 0.15) is 34.6 Å². The van der Waals surface area contributed by atoms with Crippen molar-refractivity contribution in [2.75, 3.05) is 72.7 Å². The number of aliphatic hydroxyl groups excluding tert-OH is 24. The van der Waals surface area contributed by atoms with Gasteiger partial charge in [-0.2, -0.15) is 0 Å². The normalized spacial score (nSPS) is 46.0. The molecule has 9 heterocycles. The predicted octanol–water partition coefficient (Wildman–Crippen LogP) is -20.8. The Labute approximate surface area is 692 Å². The van der Waals surface area contributed by atoms with E-state index in [1.165, 1.54) is 0 Å². The molecule has 9 saturated heterocycles. The van der Waals surface area contributed by atoms with Crippen LogP contribution in [0.25, 0.3) is 0 Å². The molecule has 0 aromatic heterocycles. The fourth-order valence-electron chi connectivity index (χ4n) is 15.4. The smallest absolute Gasteiger partial charge is 0.217 e. The Morgan fingerprint density at radius 1 is 0.270 bits per heavy atom. The summed E-state index contributed by atoms with van der Waals surface area (Å²) in [6.07, 6.45) is -81.5. The Bertz CT molecular complexity index is 3290. The van der Waals surface area contributed by atoms with Crippen molar-refractivity contribution in [2.45, 2.75) is 317 Å². The molecule has 54 nitrogen and oxygen atoms in total. The molecule has 0 spiro atoms. The summed E-state index contributed by atoms with van der Waals surface area (Å²) in [6.45, 7) is -5.89. The highest BCUT2D eigenvalue weighted by Crippen LogP contribution is 2.40. The number of aliphatic hydroxyl groups is 24. The fraction of sp³-hybridized carbons (Fsp3) is 0.912. The highest BCUT2D eigenvalue weighted by molar-refractivity contribution is 5.75. The largest absolute Gasteiger partial charge is 0.394 e. The average Bonchev–Trinajstić information content (AvgIpc) is 0.769. The maximum absolute atomic E-state index is 13.2. The molecule has 0 radical (unpaired) electrons. The molecule has 0 unspecified atom stereocenters. The lowest BCUT2D eigenvalue weighted by molar-refractivity contribution is -0.387. The standard InChI is InChI=1S/C68H114N6O48/c1-18(84)70-33-44(95)38(89)24(7-76)108-60(33)106-15-31-42(93)58(121-62-34(71-19(2)85)45(96)39(90)25(8-77)109-62)52(103)67(115-31)117-54-28(11-80)112-61(36(47(54)98)73-21(4)87)107-16-32-43(94)59(122-63-35(72-20(3)86)46(97)40(91)26(9-78)110-63)53(104)68(116-32)118-55-29(12-81)113-64(37(48(55)99)74-22(5)88)120-57-41(92)27(10-79)111-66(51(57)102)119-56-30(13-82)114-65(50(101)49(56)100)105-14-23(6-75)69-17-83/h17,23-68,75-82,89-104H,6-16H2,1-5H3,(H,69,83)(H,70,84)(H,71,85)(H,72,86)(H,73,87)(H,74,88)/t23-,24-,25-,26-,27-,28-,29-,30-,31-,32-,33-,34-,35-,36-,37-,38-,39-,40-,41+,42+,43+,44-,45-,46-,47-,48-,49-,50-,51-,52-,53-,54-,55-,56-,57+,58+,59+,60-,61-,62+,63+,64+,65-,66+,67+,68+/m1/s1. The number of carbonyl (C=O) groups is 6. The average molecular weight is 1780 g/mol. The number of hydrogen-bond acceptors (Lipinski definition) is 48. The van der Waals surface area contributed by atoms with Gasteiger partial charge in [-0.3, -0.25) is 28.8 Å². The van der Waals surface area contributed by atoms with E-state index in [9.17, 15) is 151 Å². The summed E-state index contributed by atoms with van der Waals surface area (Å²) in [5.41, 5.74) is 0. The van der Waals surface area contributed by atoms with E-state index in [-0.39, 0.29) is 6.41 Å². The first-order valence-corrected chi connectivity index (χ1v) is 38.8. The molecule has 46 atom stereocenters. The quantitative estimate of drug-likeness (QED) is 0.0259. The van der Waals surface area contributed by atoms with E-state index in [1.54, 1.807) is 0 Å². The lowest BCUT2D eigenvalue weighted by atomic mass is 9.94. The molecule has 9 fully saturated rings. The zero-order valence-electron chi connectivity index (χ0n) is 65.9. The SMILES string of the molecule is CC(=O)N[C@H]1[C@H](OC[C@H]2O[C@@H](O[C@H]3[C@H](O)[C@@H](NC(C)=O)[C@H](O[C@H]4[C@@H](O)[C@@H](CO)O[C@@H](O[C@H]5[C@H](O)[C@@H](O)[C@H](OC[C@@H](CO)NC=O)O[C@@H]5CO)[C@@H]4O)O[C@@H]3CO)[C@H](O)[C@@H](O[C@@H]3O[C@H](CO)[C@@H](O)[C@H](O)[C@H]3NC(C)=O)[C@H]2O)O[C@H](CO)[C@@H](O[C@@H]2O[C@H](CO[C@@H]3O[C@H](CO)[C@@H](O)[C@H](O)[C@H]3NC(C)=O)[C@H](O)[C@H](O[C@@H]3O[C@H](CO)[C@@H](O)[C@H](O)[C@H]3NC(C)=O)[C@H]2O)[C@@H]1O. The maximum Gasteiger partial charge on any atom is 0.217 e. The molecule has 9 aliphatic heterocycles. The van der Waals surface area contributed by atoms with Crippen LogP contribution in [-0.2, 0) is 114 Å². The Balaban J connectivity index is 0.989. The third kappa shape index (κ3) is 23.4. The van der Waals surface area contributed by atoms with Gasteiger partial charge in [0.25, 0.3) is 0 Å². The zero-order valence-corrected chi connectivity index (χ0v) is 65.9. The molecule has 0 saturated carbocycles. The zero-order chi connectivity index (χ0) is 89.9. The van der Waals surface area contributed by atoms with Crippen molar-refractivity contribution in [2.24, 2.45) is 0 Å². The minimum atomic E-state index is -2.46. The number of hydrogen-bond donors (Lipinski definition) is 30. The lowest BCUT2D eigenvalue weighted by Gasteiger charge is -2.51. The molecule has 0 aromatic carbocycles. The maximum atomic E-state index is 13.2. The van der Waals surface area contributed by atoms with Gasteiger partial charge in [0.05, 0.1) is 78.7 Å². The summed E-state index contributed by atoms with van der Waals surface area (Å²) >= 11 is 0. The van der Waals surface area contributed by atoms with Gasteiger partial charge in [-0.05, 0) is 0 Å². The van der Waals surface area contributed by atoms with Crippen molar-refractivity contribution in [1.29, 1.82) is 0 Å². The fourth-order valence-corrected chi connectivity index (χ4v) is 15.4. The third-order valence-corrected chi connectivity index (χ3v) is 21.7. The van der Waals surface area contributed by atoms with E-state index in [0.29, 0.717) is 0 Å². The molecule has 9 aliphatic rings. The van der Waals surface area contributed by atoms with Gasteiger partial charge < -0.3 is 240 Å². The Morgan fingerprint density at radius 3 is 0.836 bits per heavy atom. The Hall–Kier alpha value is -4.86. The van der Waals surface area contributed by atoms with Gasteiger partial charge in [-0.25, -0.2) is 0 Å². The summed E-state index contributed by atoms with van der Waals surface area (Å²) in [5.74, 6) is -4.49. The van der Waals surface area contributed by atoms with Gasteiger partial charge in [0.2, 0.25) is 35.9 Å². The summed E-state index contributed by atoms with van der Waals surface area (Å²) in [7, 11) is 0. The minimum Gasteiger partial charge on any atom is -0.394 e. The van der Waals surface area contributed by atoms with Gasteiger partial charge in [-0.1, -0.05) is 0 Å². The molecular formula is C68H114N6O48. The van der Waals surface area contributed by atoms with Gasteiger partial charge in [0.1, 0.15) is 219 Å². The van der Waals surface area contributed by atoms with E-state index in [4.69, 9.17) is 85.3 Å². The number of nitrogens with one attached hydrogen (secondary N) is 6. The summed E-state index contributed by atoms with van der Waals surface area (Å²) in [4.78, 5) is 74.8. The summed E-state index contributed by atoms with van der Waals surface area (Å²) in [6, 6.07) is -10.2. The van der Waals surface area contributed by atoms with Crippen LogP contribution in [0.3, 0.4) is 0 Å². The molecular weight excluding hydrogens is 1670 g/mol. The Morgan fingerprint density at radius 2 is 0.516 bits per heavy atom. The van der Waals surface area contributed by atoms with Crippen molar-refractivity contribution in [3.63, 3.8) is 0 Å². The topological polar surface area (TPSA) is 826 Å². The van der Waals surface area contributed by atoms with Crippen molar-refractivity contribution in [3.8, 4) is 0 Å². The number of carbonyl (C=O) groups excluding carboxylic acids is 6. The number of rotatable bonds is 36. The van der Waals surface area contributed by atoms with Gasteiger partial charge in [0.15, 0.2) is 56.6 Å². The van der Waals surface area contributed by atoms with Crippen LogP contribution >= 0.6 is 0 Å². The van der Waals surface area contributed by atoms with Crippen LogP contribution in [0.15, 0.2) is 0 Å². The molecule has 704 valence electrons. The molecule has 54 heteroatoms. The third-order valence-electron chi connectivity index (χ3n) is 21.7. The van der Waals surface area contributed by atoms with E-state index >= 15 is 0 Å². The van der Waals surface area contributed by atoms with E-state index in [0.717, 1.165) is 34.6 Å². The van der Waals surface area contributed by atoms with Crippen molar-refractivity contribution in [1.82, 2.24) is 31.9 Å². The molecule has 30 N–H and O–H groups in total. The molecule has 0 bridgehead atoms. The van der Waals surface area contributed by atoms with Crippen LogP contribution < -0.4 is 31.9 Å². The minimum absolute atomic E-state index is 0.247. The van der Waals surface area contributed by atoms with E-state index < -0.39 is 384 Å². The second kappa shape index (κ2) is 45.4. The molecule has 0 aromatic rings. The van der Waals surface area contributed by atoms with Crippen molar-refractivity contribution >= 4 is 35.9 Å². The highest BCUT2D eigenvalue weighted by atomic mass is 16.8. The summed E-state index contributed by atoms with van der Waals surface area (Å²) < 4.78 is 107. The first kappa shape index (κ1) is 101. The van der Waals surface area contributed by atoms with Gasteiger partial charge in [-0.15, -0.1) is 0 Å². The predicted molar refractivity (Wildman–Crippen MR) is 379 cm³/mol. The first-order chi connectivity index (χ1) is 57.8. The number of amides is 6. The first-order valence-electron chi connectivity index (χ1n) is 38.8. The van der Waals surface area contributed by atoms with Gasteiger partial charge in [0, 0.05) is 34.6 Å². The molecule has 0 aliphatic carbocycles. The monoisotopic (exact) mass is 1780 g/mol. The molecule has 122 heavy (non-hydrogen) atoms. The van der Waals surface area contributed by atoms with Crippen LogP contribution in [0.4, 0.5) is 0 Å². The molecule has 6 amide bonds. The van der Waals surface area contributed by atoms with E-state index in [1.807, 2.05) is 0 Å². The van der Waals surface area contributed by atoms with Crippen LogP contribution in [-0.4, -0.2) is 513 Å². The van der Waals surface area contributed by atoms with Crippen molar-refractivity contribution < 1.29 is 237 Å². The van der Waals surface area contributed by atoms with Crippen LogP contribution in [0, 0.1) is 0 Å². The second-order valence-corrected chi connectivity index (χ2v) is 30.4.